The van der Waals surface area contributed by atoms with Gasteiger partial charge in [0.15, 0.2) is 5.82 Å². The molecule has 90 valence electrons. The molecule has 2 aromatic heterocycles. The molecule has 0 amide bonds. The second-order valence-corrected chi connectivity index (χ2v) is 4.21. The minimum Gasteiger partial charge on any atom is -0.323 e. The quantitative estimate of drug-likeness (QED) is 0.689. The number of fused-ring (bicyclic) bond motifs is 1. The van der Waals surface area contributed by atoms with E-state index in [2.05, 4.69) is 32.5 Å². The van der Waals surface area contributed by atoms with E-state index >= 15 is 0 Å². The minimum atomic E-state index is 0.818. The van der Waals surface area contributed by atoms with Crippen LogP contribution in [-0.4, -0.2) is 19.5 Å². The number of nitrogens with zero attached hydrogens (tertiary/aromatic N) is 4. The van der Waals surface area contributed by atoms with Gasteiger partial charge < -0.3 is 4.57 Å². The summed E-state index contributed by atoms with van der Waals surface area (Å²) in [4.78, 5) is 13.3. The van der Waals surface area contributed by atoms with Crippen molar-refractivity contribution in [3.8, 4) is 11.5 Å². The van der Waals surface area contributed by atoms with Crippen LogP contribution in [0.2, 0.25) is 0 Å². The van der Waals surface area contributed by atoms with Crippen molar-refractivity contribution in [2.75, 3.05) is 0 Å². The molecule has 4 heteroatoms. The normalized spacial score (nSPS) is 11.0. The zero-order valence-electron chi connectivity index (χ0n) is 10.5. The number of para-hydroxylation sites is 2. The number of imidazole rings is 1. The van der Waals surface area contributed by atoms with Crippen LogP contribution in [0.3, 0.4) is 0 Å². The Balaban J connectivity index is 2.25. The molecule has 0 unspecified atom stereocenters. The van der Waals surface area contributed by atoms with Gasteiger partial charge in [0, 0.05) is 12.7 Å². The van der Waals surface area contributed by atoms with Gasteiger partial charge in [-0.2, -0.15) is 0 Å². The topological polar surface area (TPSA) is 43.6 Å². The molecule has 0 fully saturated rings. The van der Waals surface area contributed by atoms with Crippen LogP contribution in [0.25, 0.3) is 22.6 Å². The van der Waals surface area contributed by atoms with Crippen LogP contribution in [0.4, 0.5) is 0 Å². The average Bonchev–Trinajstić information content (AvgIpc) is 2.78. The second kappa shape index (κ2) is 4.22. The van der Waals surface area contributed by atoms with Crippen molar-refractivity contribution in [3.63, 3.8) is 0 Å². The van der Waals surface area contributed by atoms with Crippen molar-refractivity contribution < 1.29 is 0 Å². The molecule has 0 aliphatic rings. The Bertz CT molecular complexity index is 683. The van der Waals surface area contributed by atoms with Crippen molar-refractivity contribution in [2.45, 2.75) is 20.4 Å². The fourth-order valence-corrected chi connectivity index (χ4v) is 2.10. The summed E-state index contributed by atoms with van der Waals surface area (Å²) in [7, 11) is 0. The van der Waals surface area contributed by atoms with Crippen molar-refractivity contribution in [1.29, 1.82) is 0 Å². The van der Waals surface area contributed by atoms with Gasteiger partial charge >= 0.3 is 0 Å². The Morgan fingerprint density at radius 3 is 2.67 bits per heavy atom. The highest BCUT2D eigenvalue weighted by molar-refractivity contribution is 5.79. The van der Waals surface area contributed by atoms with Gasteiger partial charge in [-0.25, -0.2) is 9.97 Å². The van der Waals surface area contributed by atoms with E-state index in [1.165, 1.54) is 0 Å². The Labute approximate surface area is 105 Å². The van der Waals surface area contributed by atoms with Crippen LogP contribution in [0, 0.1) is 6.92 Å². The average molecular weight is 238 g/mol. The first kappa shape index (κ1) is 10.9. The van der Waals surface area contributed by atoms with Crippen molar-refractivity contribution in [3.05, 3.63) is 42.4 Å². The third kappa shape index (κ3) is 1.66. The second-order valence-electron chi connectivity index (χ2n) is 4.21. The number of hydrogen-bond acceptors (Lipinski definition) is 3. The lowest BCUT2D eigenvalue weighted by atomic mass is 10.3. The molecule has 0 radical (unpaired) electrons. The first-order valence-electron chi connectivity index (χ1n) is 6.04. The summed E-state index contributed by atoms with van der Waals surface area (Å²) >= 11 is 0. The molecule has 0 bridgehead atoms. The first-order chi connectivity index (χ1) is 8.79. The molecule has 1 aromatic carbocycles. The van der Waals surface area contributed by atoms with E-state index in [0.717, 1.165) is 34.8 Å². The van der Waals surface area contributed by atoms with E-state index in [9.17, 15) is 0 Å². The zero-order chi connectivity index (χ0) is 12.5. The van der Waals surface area contributed by atoms with Crippen molar-refractivity contribution in [1.82, 2.24) is 19.5 Å². The molecule has 3 rings (SSSR count). The van der Waals surface area contributed by atoms with Gasteiger partial charge in [0.25, 0.3) is 0 Å². The number of aryl methyl sites for hydroxylation is 2. The molecule has 0 saturated carbocycles. The predicted molar refractivity (Wildman–Crippen MR) is 71.2 cm³/mol. The van der Waals surface area contributed by atoms with Gasteiger partial charge in [-0.15, -0.1) is 0 Å². The lowest BCUT2D eigenvalue weighted by Gasteiger charge is -2.04. The summed E-state index contributed by atoms with van der Waals surface area (Å²) in [6, 6.07) is 8.13. The highest BCUT2D eigenvalue weighted by Crippen LogP contribution is 2.22. The van der Waals surface area contributed by atoms with Gasteiger partial charge in [0.2, 0.25) is 0 Å². The maximum atomic E-state index is 4.64. The highest BCUT2D eigenvalue weighted by Gasteiger charge is 2.11. The summed E-state index contributed by atoms with van der Waals surface area (Å²) in [6.45, 7) is 4.91. The molecule has 0 aliphatic heterocycles. The van der Waals surface area contributed by atoms with E-state index < -0.39 is 0 Å². The maximum Gasteiger partial charge on any atom is 0.161 e. The van der Waals surface area contributed by atoms with E-state index in [-0.39, 0.29) is 0 Å². The third-order valence-corrected chi connectivity index (χ3v) is 2.98. The number of hydrogen-bond donors (Lipinski definition) is 0. The molecule has 3 aromatic rings. The van der Waals surface area contributed by atoms with Crippen LogP contribution >= 0.6 is 0 Å². The number of aromatic nitrogens is 4. The molecule has 0 aliphatic carbocycles. The van der Waals surface area contributed by atoms with Crippen molar-refractivity contribution >= 4 is 11.0 Å². The molecular weight excluding hydrogens is 224 g/mol. The van der Waals surface area contributed by atoms with Gasteiger partial charge in [-0.3, -0.25) is 4.98 Å². The highest BCUT2D eigenvalue weighted by atomic mass is 15.1. The summed E-state index contributed by atoms with van der Waals surface area (Å²) in [5, 5.41) is 0. The third-order valence-electron chi connectivity index (χ3n) is 2.98. The zero-order valence-corrected chi connectivity index (χ0v) is 10.5. The molecule has 2 heterocycles. The number of benzene rings is 1. The molecule has 0 spiro atoms. The van der Waals surface area contributed by atoms with Crippen LogP contribution in [0.5, 0.6) is 0 Å². The summed E-state index contributed by atoms with van der Waals surface area (Å²) in [5.41, 5.74) is 3.87. The molecular formula is C14H14N4. The largest absolute Gasteiger partial charge is 0.323 e. The maximum absolute atomic E-state index is 4.64. The minimum absolute atomic E-state index is 0.818. The monoisotopic (exact) mass is 238 g/mol. The summed E-state index contributed by atoms with van der Waals surface area (Å²) in [6.07, 6.45) is 3.55. The smallest absolute Gasteiger partial charge is 0.161 e. The molecule has 4 nitrogen and oxygen atoms in total. The molecule has 0 saturated heterocycles. The van der Waals surface area contributed by atoms with Gasteiger partial charge in [-0.1, -0.05) is 12.1 Å². The van der Waals surface area contributed by atoms with Gasteiger partial charge in [0.1, 0.15) is 5.69 Å². The Morgan fingerprint density at radius 2 is 1.94 bits per heavy atom. The lowest BCUT2D eigenvalue weighted by molar-refractivity contribution is 0.792. The molecule has 18 heavy (non-hydrogen) atoms. The number of rotatable bonds is 2. The van der Waals surface area contributed by atoms with E-state index in [0.29, 0.717) is 0 Å². The standard InChI is InChI=1S/C14H14N4/c1-3-18-13-7-5-4-6-11(13)17-14(18)12-9-15-10(2)8-16-12/h4-9H,3H2,1-2H3. The Hall–Kier alpha value is -2.23. The first-order valence-corrected chi connectivity index (χ1v) is 6.04. The SMILES string of the molecule is CCn1c(-c2cnc(C)cn2)nc2ccccc21. The van der Waals surface area contributed by atoms with Crippen LogP contribution < -0.4 is 0 Å². The van der Waals surface area contributed by atoms with Gasteiger partial charge in [0.05, 0.1) is 22.9 Å². The van der Waals surface area contributed by atoms with E-state index in [1.807, 2.05) is 25.1 Å². The Kier molecular flexibility index (Phi) is 2.55. The van der Waals surface area contributed by atoms with Gasteiger partial charge in [-0.05, 0) is 26.0 Å². The Morgan fingerprint density at radius 1 is 1.11 bits per heavy atom. The van der Waals surface area contributed by atoms with Crippen LogP contribution in [0.15, 0.2) is 36.7 Å². The van der Waals surface area contributed by atoms with Crippen LogP contribution in [0.1, 0.15) is 12.6 Å². The lowest BCUT2D eigenvalue weighted by Crippen LogP contribution is -1.99. The summed E-state index contributed by atoms with van der Waals surface area (Å²) < 4.78 is 2.16. The molecule has 0 atom stereocenters. The fraction of sp³-hybridized carbons (Fsp3) is 0.214. The summed E-state index contributed by atoms with van der Waals surface area (Å²) in [5.74, 6) is 0.881. The van der Waals surface area contributed by atoms with Crippen LogP contribution in [-0.2, 0) is 6.54 Å². The predicted octanol–water partition coefficient (Wildman–Crippen LogP) is 2.82. The molecule has 0 N–H and O–H groups in total. The fourth-order valence-electron chi connectivity index (χ4n) is 2.10. The van der Waals surface area contributed by atoms with Crippen molar-refractivity contribution in [2.24, 2.45) is 0 Å². The van der Waals surface area contributed by atoms with E-state index in [4.69, 9.17) is 0 Å². The van der Waals surface area contributed by atoms with E-state index in [1.54, 1.807) is 12.4 Å².